The average molecular weight is 232 g/mol. The van der Waals surface area contributed by atoms with Crippen LogP contribution in [0, 0.1) is 11.8 Å². The molecule has 0 heterocycles. The SMILES string of the molecule is O=C1C(=C2CCCCC2)CCC1C1CCCC1. The van der Waals surface area contributed by atoms with Gasteiger partial charge in [0.25, 0.3) is 0 Å². The lowest BCUT2D eigenvalue weighted by molar-refractivity contribution is -0.119. The zero-order valence-corrected chi connectivity index (χ0v) is 10.8. The summed E-state index contributed by atoms with van der Waals surface area (Å²) in [6, 6.07) is 0. The number of hydrogen-bond donors (Lipinski definition) is 0. The molecule has 0 N–H and O–H groups in total. The molecule has 3 aliphatic carbocycles. The molecule has 3 fully saturated rings. The molecule has 3 aliphatic rings. The summed E-state index contributed by atoms with van der Waals surface area (Å²) in [5.74, 6) is 1.72. The zero-order valence-electron chi connectivity index (χ0n) is 10.8. The van der Waals surface area contributed by atoms with E-state index in [-0.39, 0.29) is 0 Å². The fraction of sp³-hybridized carbons (Fsp3) is 0.812. The average Bonchev–Trinajstić information content (AvgIpc) is 2.99. The first-order valence-corrected chi connectivity index (χ1v) is 7.61. The van der Waals surface area contributed by atoms with E-state index in [4.69, 9.17) is 0 Å². The van der Waals surface area contributed by atoms with Crippen molar-refractivity contribution in [2.45, 2.75) is 70.6 Å². The van der Waals surface area contributed by atoms with Crippen molar-refractivity contribution in [1.82, 2.24) is 0 Å². The minimum atomic E-state index is 0.418. The number of ketones is 1. The van der Waals surface area contributed by atoms with Crippen molar-refractivity contribution in [2.24, 2.45) is 11.8 Å². The summed E-state index contributed by atoms with van der Waals surface area (Å²) in [6.07, 6.45) is 14.1. The zero-order chi connectivity index (χ0) is 11.7. The number of carbonyl (C=O) groups is 1. The lowest BCUT2D eigenvalue weighted by Crippen LogP contribution is -2.17. The smallest absolute Gasteiger partial charge is 0.162 e. The fourth-order valence-corrected chi connectivity index (χ4v) is 4.22. The first-order chi connectivity index (χ1) is 8.36. The van der Waals surface area contributed by atoms with Crippen LogP contribution in [0.3, 0.4) is 0 Å². The second-order valence-electron chi connectivity index (χ2n) is 6.20. The molecule has 1 atom stereocenters. The first-order valence-electron chi connectivity index (χ1n) is 7.61. The molecular formula is C16H24O. The number of rotatable bonds is 1. The van der Waals surface area contributed by atoms with Crippen LogP contribution in [-0.2, 0) is 4.79 Å². The van der Waals surface area contributed by atoms with Gasteiger partial charge in [-0.05, 0) is 62.9 Å². The normalized spacial score (nSPS) is 31.5. The van der Waals surface area contributed by atoms with E-state index in [1.807, 2.05) is 0 Å². The van der Waals surface area contributed by atoms with Crippen LogP contribution in [0.2, 0.25) is 0 Å². The van der Waals surface area contributed by atoms with Crippen LogP contribution < -0.4 is 0 Å². The highest BCUT2D eigenvalue weighted by Gasteiger charge is 2.37. The molecule has 1 nitrogen and oxygen atoms in total. The molecule has 3 saturated carbocycles. The van der Waals surface area contributed by atoms with Crippen molar-refractivity contribution in [3.63, 3.8) is 0 Å². The molecule has 94 valence electrons. The van der Waals surface area contributed by atoms with Gasteiger partial charge in [0.05, 0.1) is 0 Å². The Balaban J connectivity index is 1.74. The lowest BCUT2D eigenvalue weighted by Gasteiger charge is -2.18. The molecule has 0 bridgehead atoms. The second kappa shape index (κ2) is 4.96. The Morgan fingerprint density at radius 3 is 2.18 bits per heavy atom. The van der Waals surface area contributed by atoms with Gasteiger partial charge in [-0.3, -0.25) is 4.79 Å². The maximum absolute atomic E-state index is 12.5. The number of carbonyl (C=O) groups excluding carboxylic acids is 1. The number of hydrogen-bond acceptors (Lipinski definition) is 1. The van der Waals surface area contributed by atoms with Gasteiger partial charge in [-0.15, -0.1) is 0 Å². The summed E-state index contributed by atoms with van der Waals surface area (Å²) in [7, 11) is 0. The third-order valence-corrected chi connectivity index (χ3v) is 5.19. The van der Waals surface area contributed by atoms with Gasteiger partial charge >= 0.3 is 0 Å². The minimum Gasteiger partial charge on any atom is -0.294 e. The van der Waals surface area contributed by atoms with Gasteiger partial charge in [-0.25, -0.2) is 0 Å². The van der Waals surface area contributed by atoms with Gasteiger partial charge in [0, 0.05) is 5.92 Å². The summed E-state index contributed by atoms with van der Waals surface area (Å²) in [6.45, 7) is 0. The van der Waals surface area contributed by atoms with Gasteiger partial charge in [-0.2, -0.15) is 0 Å². The maximum atomic E-state index is 12.5. The number of allylic oxidation sites excluding steroid dienone is 2. The lowest BCUT2D eigenvalue weighted by atomic mass is 9.86. The van der Waals surface area contributed by atoms with Crippen molar-refractivity contribution < 1.29 is 4.79 Å². The van der Waals surface area contributed by atoms with Gasteiger partial charge in [-0.1, -0.05) is 24.8 Å². The molecule has 0 aromatic carbocycles. The maximum Gasteiger partial charge on any atom is 0.162 e. The molecule has 3 rings (SSSR count). The van der Waals surface area contributed by atoms with Crippen LogP contribution in [0.4, 0.5) is 0 Å². The Kier molecular flexibility index (Phi) is 3.35. The van der Waals surface area contributed by atoms with E-state index in [9.17, 15) is 4.79 Å². The van der Waals surface area contributed by atoms with E-state index >= 15 is 0 Å². The van der Waals surface area contributed by atoms with E-state index in [0.717, 1.165) is 12.3 Å². The summed E-state index contributed by atoms with van der Waals surface area (Å²) in [4.78, 5) is 12.5. The molecule has 1 heteroatoms. The number of Topliss-reactive ketones (excluding diaryl/α,β-unsaturated/α-hetero) is 1. The van der Waals surface area contributed by atoms with Gasteiger partial charge in [0.1, 0.15) is 0 Å². The van der Waals surface area contributed by atoms with Crippen molar-refractivity contribution in [1.29, 1.82) is 0 Å². The third-order valence-electron chi connectivity index (χ3n) is 5.19. The highest BCUT2D eigenvalue weighted by atomic mass is 16.1. The summed E-state index contributed by atoms with van der Waals surface area (Å²) < 4.78 is 0. The van der Waals surface area contributed by atoms with Crippen molar-refractivity contribution >= 4 is 5.78 Å². The van der Waals surface area contributed by atoms with Crippen molar-refractivity contribution in [2.75, 3.05) is 0 Å². The second-order valence-corrected chi connectivity index (χ2v) is 6.20. The van der Waals surface area contributed by atoms with Crippen LogP contribution in [-0.4, -0.2) is 5.78 Å². The van der Waals surface area contributed by atoms with Gasteiger partial charge < -0.3 is 0 Å². The van der Waals surface area contributed by atoms with E-state index in [1.165, 1.54) is 69.8 Å². The Morgan fingerprint density at radius 1 is 0.765 bits per heavy atom. The summed E-state index contributed by atoms with van der Waals surface area (Å²) >= 11 is 0. The molecule has 0 aromatic heterocycles. The highest BCUT2D eigenvalue weighted by Crippen LogP contribution is 2.42. The highest BCUT2D eigenvalue weighted by molar-refractivity contribution is 6.00. The molecule has 0 amide bonds. The van der Waals surface area contributed by atoms with Crippen molar-refractivity contribution in [3.05, 3.63) is 11.1 Å². The summed E-state index contributed by atoms with van der Waals surface area (Å²) in [5, 5.41) is 0. The Bertz CT molecular complexity index is 325. The molecule has 0 saturated heterocycles. The van der Waals surface area contributed by atoms with Crippen LogP contribution in [0.15, 0.2) is 11.1 Å². The molecule has 0 aliphatic heterocycles. The van der Waals surface area contributed by atoms with E-state index in [0.29, 0.717) is 11.7 Å². The monoisotopic (exact) mass is 232 g/mol. The van der Waals surface area contributed by atoms with Crippen LogP contribution in [0.5, 0.6) is 0 Å². The largest absolute Gasteiger partial charge is 0.294 e. The predicted octanol–water partition coefficient (Wildman–Crippen LogP) is 4.42. The topological polar surface area (TPSA) is 17.1 Å². The molecule has 17 heavy (non-hydrogen) atoms. The Labute approximate surface area is 105 Å². The van der Waals surface area contributed by atoms with Gasteiger partial charge in [0.15, 0.2) is 5.78 Å². The van der Waals surface area contributed by atoms with E-state index in [1.54, 1.807) is 5.57 Å². The van der Waals surface area contributed by atoms with E-state index in [2.05, 4.69) is 0 Å². The standard InChI is InChI=1S/C16H24O/c17-16-14(12-6-2-1-3-7-12)10-11-15(16)13-8-4-5-9-13/h13,15H,1-11H2. The van der Waals surface area contributed by atoms with E-state index < -0.39 is 0 Å². The molecule has 0 aromatic rings. The van der Waals surface area contributed by atoms with Crippen LogP contribution in [0.1, 0.15) is 70.6 Å². The Morgan fingerprint density at radius 2 is 1.47 bits per heavy atom. The van der Waals surface area contributed by atoms with Crippen molar-refractivity contribution in [3.8, 4) is 0 Å². The van der Waals surface area contributed by atoms with Crippen LogP contribution >= 0.6 is 0 Å². The molecule has 0 radical (unpaired) electrons. The quantitative estimate of drug-likeness (QED) is 0.612. The molecular weight excluding hydrogens is 208 g/mol. The summed E-state index contributed by atoms with van der Waals surface area (Å²) in [5.41, 5.74) is 2.82. The first kappa shape index (κ1) is 11.5. The Hall–Kier alpha value is -0.590. The van der Waals surface area contributed by atoms with Gasteiger partial charge in [0.2, 0.25) is 0 Å². The van der Waals surface area contributed by atoms with Crippen LogP contribution in [0.25, 0.3) is 0 Å². The fourth-order valence-electron chi connectivity index (χ4n) is 4.22. The minimum absolute atomic E-state index is 0.418. The third kappa shape index (κ3) is 2.21. The molecule has 0 spiro atoms. The predicted molar refractivity (Wildman–Crippen MR) is 69.8 cm³/mol. The molecule has 1 unspecified atom stereocenters.